The Bertz CT molecular complexity index is 183. The second-order valence-electron chi connectivity index (χ2n) is 3.45. The predicted molar refractivity (Wildman–Crippen MR) is 65.3 cm³/mol. The van der Waals surface area contributed by atoms with Crippen molar-refractivity contribution in [3.63, 3.8) is 0 Å². The Kier molecular flexibility index (Phi) is 8.38. The Hall–Kier alpha value is 0.0400. The molecular formula is C10H18O2S2. The molecular weight excluding hydrogens is 216 g/mol. The number of Topliss-reactive ketones (excluding diaryl/α,β-unsaturated/α-hetero) is 1. The Morgan fingerprint density at radius 3 is 2.43 bits per heavy atom. The standard InChI is InChI=1S/C10H18O2S2/c1-8(12)9(7-11)3-2-4-10(14)5-6-13/h7,9-10,13-14H,2-6H2,1H3. The van der Waals surface area contributed by atoms with Crippen LogP contribution in [0.3, 0.4) is 0 Å². The van der Waals surface area contributed by atoms with E-state index in [2.05, 4.69) is 25.3 Å². The highest BCUT2D eigenvalue weighted by molar-refractivity contribution is 7.81. The van der Waals surface area contributed by atoms with Crippen LogP contribution in [0, 0.1) is 5.92 Å². The Morgan fingerprint density at radius 1 is 1.36 bits per heavy atom. The number of hydrogen-bond acceptors (Lipinski definition) is 4. The van der Waals surface area contributed by atoms with Gasteiger partial charge in [-0.25, -0.2) is 0 Å². The lowest BCUT2D eigenvalue weighted by Gasteiger charge is -2.10. The first-order valence-corrected chi connectivity index (χ1v) is 6.01. The Morgan fingerprint density at radius 2 is 2.00 bits per heavy atom. The molecule has 0 aromatic heterocycles. The van der Waals surface area contributed by atoms with E-state index in [-0.39, 0.29) is 5.78 Å². The normalized spacial score (nSPS) is 14.8. The molecule has 0 heterocycles. The van der Waals surface area contributed by atoms with E-state index in [0.717, 1.165) is 31.3 Å². The molecule has 0 aromatic carbocycles. The SMILES string of the molecule is CC(=O)C(C=O)CCCC(S)CCS. The van der Waals surface area contributed by atoms with E-state index < -0.39 is 5.92 Å². The number of thiol groups is 2. The van der Waals surface area contributed by atoms with Gasteiger partial charge >= 0.3 is 0 Å². The average Bonchev–Trinajstić information content (AvgIpc) is 2.12. The number of hydrogen-bond donors (Lipinski definition) is 2. The van der Waals surface area contributed by atoms with Crippen LogP contribution in [0.25, 0.3) is 0 Å². The zero-order chi connectivity index (χ0) is 11.0. The highest BCUT2D eigenvalue weighted by Gasteiger charge is 2.12. The molecule has 0 fully saturated rings. The minimum absolute atomic E-state index is 0.0371. The fraction of sp³-hybridized carbons (Fsp3) is 0.800. The number of carbonyl (C=O) groups is 2. The third-order valence-electron chi connectivity index (χ3n) is 2.20. The second-order valence-corrected chi connectivity index (χ2v) is 4.63. The van der Waals surface area contributed by atoms with Crippen LogP contribution in [-0.4, -0.2) is 23.1 Å². The van der Waals surface area contributed by atoms with Gasteiger partial charge in [0.25, 0.3) is 0 Å². The van der Waals surface area contributed by atoms with Gasteiger partial charge in [-0.1, -0.05) is 6.42 Å². The highest BCUT2D eigenvalue weighted by atomic mass is 32.1. The summed E-state index contributed by atoms with van der Waals surface area (Å²) >= 11 is 8.49. The van der Waals surface area contributed by atoms with Crippen molar-refractivity contribution in [1.82, 2.24) is 0 Å². The van der Waals surface area contributed by atoms with Crippen molar-refractivity contribution in [3.05, 3.63) is 0 Å². The quantitative estimate of drug-likeness (QED) is 0.383. The topological polar surface area (TPSA) is 34.1 Å². The van der Waals surface area contributed by atoms with Crippen LogP contribution in [-0.2, 0) is 9.59 Å². The maximum absolute atomic E-state index is 10.9. The van der Waals surface area contributed by atoms with Crippen molar-refractivity contribution < 1.29 is 9.59 Å². The minimum atomic E-state index is -0.411. The van der Waals surface area contributed by atoms with Crippen molar-refractivity contribution in [2.75, 3.05) is 5.75 Å². The summed E-state index contributed by atoms with van der Waals surface area (Å²) in [5, 5.41) is 0.340. The molecule has 0 aliphatic rings. The molecule has 82 valence electrons. The minimum Gasteiger partial charge on any atom is -0.303 e. The maximum Gasteiger partial charge on any atom is 0.139 e. The number of carbonyl (C=O) groups excluding carboxylic acids is 2. The summed E-state index contributed by atoms with van der Waals surface area (Å²) in [6, 6.07) is 0. The molecule has 0 aromatic rings. The average molecular weight is 234 g/mol. The summed E-state index contributed by atoms with van der Waals surface area (Å²) in [7, 11) is 0. The monoisotopic (exact) mass is 234 g/mol. The van der Waals surface area contributed by atoms with Gasteiger partial charge in [-0.15, -0.1) is 0 Å². The summed E-state index contributed by atoms with van der Waals surface area (Å²) in [5.74, 6) is 0.384. The second kappa shape index (κ2) is 8.36. The molecule has 0 aliphatic heterocycles. The molecule has 0 N–H and O–H groups in total. The largest absolute Gasteiger partial charge is 0.303 e. The van der Waals surface area contributed by atoms with Crippen LogP contribution in [0.2, 0.25) is 0 Å². The van der Waals surface area contributed by atoms with Crippen molar-refractivity contribution in [2.45, 2.75) is 37.9 Å². The zero-order valence-corrected chi connectivity index (χ0v) is 10.3. The van der Waals surface area contributed by atoms with Crippen molar-refractivity contribution in [1.29, 1.82) is 0 Å². The summed E-state index contributed by atoms with van der Waals surface area (Å²) < 4.78 is 0. The molecule has 14 heavy (non-hydrogen) atoms. The summed E-state index contributed by atoms with van der Waals surface area (Å²) in [6.07, 6.45) is 4.20. The van der Waals surface area contributed by atoms with E-state index in [0.29, 0.717) is 11.7 Å². The molecule has 0 spiro atoms. The third-order valence-corrected chi connectivity index (χ3v) is 2.98. The molecule has 0 saturated carbocycles. The van der Waals surface area contributed by atoms with E-state index in [1.807, 2.05) is 0 Å². The van der Waals surface area contributed by atoms with E-state index in [9.17, 15) is 9.59 Å². The summed E-state index contributed by atoms with van der Waals surface area (Å²) in [5.41, 5.74) is 0. The van der Waals surface area contributed by atoms with Gasteiger partial charge in [0.15, 0.2) is 0 Å². The Labute approximate surface area is 96.7 Å². The van der Waals surface area contributed by atoms with Gasteiger partial charge in [-0.2, -0.15) is 25.3 Å². The van der Waals surface area contributed by atoms with Crippen LogP contribution in [0.1, 0.15) is 32.6 Å². The lowest BCUT2D eigenvalue weighted by Crippen LogP contribution is -2.13. The first kappa shape index (κ1) is 14.0. The van der Waals surface area contributed by atoms with Gasteiger partial charge in [0, 0.05) is 5.25 Å². The van der Waals surface area contributed by atoms with Crippen LogP contribution in [0.15, 0.2) is 0 Å². The van der Waals surface area contributed by atoms with Gasteiger partial charge in [0.2, 0.25) is 0 Å². The van der Waals surface area contributed by atoms with Crippen LogP contribution >= 0.6 is 25.3 Å². The number of ketones is 1. The van der Waals surface area contributed by atoms with E-state index >= 15 is 0 Å². The van der Waals surface area contributed by atoms with E-state index in [1.54, 1.807) is 0 Å². The molecule has 0 amide bonds. The summed E-state index contributed by atoms with van der Waals surface area (Å²) in [4.78, 5) is 21.4. The molecule has 0 aliphatic carbocycles. The zero-order valence-electron chi connectivity index (χ0n) is 8.48. The Balaban J connectivity index is 3.60. The van der Waals surface area contributed by atoms with Crippen LogP contribution in [0.5, 0.6) is 0 Å². The first-order valence-electron chi connectivity index (χ1n) is 4.86. The first-order chi connectivity index (χ1) is 6.61. The van der Waals surface area contributed by atoms with E-state index in [1.165, 1.54) is 6.92 Å². The summed E-state index contributed by atoms with van der Waals surface area (Å²) in [6.45, 7) is 1.46. The molecule has 2 atom stereocenters. The molecule has 0 rings (SSSR count). The molecule has 0 saturated heterocycles. The van der Waals surface area contributed by atoms with Gasteiger partial charge in [-0.05, 0) is 31.9 Å². The maximum atomic E-state index is 10.9. The molecule has 0 radical (unpaired) electrons. The van der Waals surface area contributed by atoms with E-state index in [4.69, 9.17) is 0 Å². The van der Waals surface area contributed by atoms with Crippen LogP contribution < -0.4 is 0 Å². The molecule has 2 unspecified atom stereocenters. The molecule has 4 heteroatoms. The van der Waals surface area contributed by atoms with Crippen molar-refractivity contribution in [3.8, 4) is 0 Å². The molecule has 2 nitrogen and oxygen atoms in total. The number of aldehydes is 1. The fourth-order valence-corrected chi connectivity index (χ4v) is 2.06. The fourth-order valence-electron chi connectivity index (χ4n) is 1.23. The van der Waals surface area contributed by atoms with Crippen LogP contribution in [0.4, 0.5) is 0 Å². The molecule has 0 bridgehead atoms. The van der Waals surface area contributed by atoms with Gasteiger partial charge in [0.05, 0.1) is 5.92 Å². The number of rotatable bonds is 8. The smallest absolute Gasteiger partial charge is 0.139 e. The van der Waals surface area contributed by atoms with Gasteiger partial charge in [-0.3, -0.25) is 4.79 Å². The van der Waals surface area contributed by atoms with Crippen molar-refractivity contribution in [2.24, 2.45) is 5.92 Å². The third kappa shape index (κ3) is 6.49. The predicted octanol–water partition coefficient (Wildman–Crippen LogP) is 2.18. The lowest BCUT2D eigenvalue weighted by atomic mass is 9.99. The van der Waals surface area contributed by atoms with Gasteiger partial charge in [0.1, 0.15) is 12.1 Å². The highest BCUT2D eigenvalue weighted by Crippen LogP contribution is 2.14. The van der Waals surface area contributed by atoms with Gasteiger partial charge < -0.3 is 4.79 Å². The van der Waals surface area contributed by atoms with Crippen molar-refractivity contribution >= 4 is 37.3 Å². The lowest BCUT2D eigenvalue weighted by molar-refractivity contribution is -0.125.